The number of carbonyl (C=O) groups excluding carboxylic acids is 1. The van der Waals surface area contributed by atoms with E-state index < -0.39 is 17.1 Å². The van der Waals surface area contributed by atoms with Crippen molar-refractivity contribution in [2.75, 3.05) is 13.1 Å². The molecule has 3 aromatic rings. The summed E-state index contributed by atoms with van der Waals surface area (Å²) in [4.78, 5) is 19.2. The highest BCUT2D eigenvalue weighted by atomic mass is 35.5. The van der Waals surface area contributed by atoms with Gasteiger partial charge in [0.25, 0.3) is 5.91 Å². The number of piperidine rings is 1. The summed E-state index contributed by atoms with van der Waals surface area (Å²) in [6.45, 7) is 1.93. The van der Waals surface area contributed by atoms with Crippen LogP contribution in [0.3, 0.4) is 0 Å². The highest BCUT2D eigenvalue weighted by Crippen LogP contribution is 2.65. The van der Waals surface area contributed by atoms with Gasteiger partial charge in [0, 0.05) is 23.5 Å². The summed E-state index contributed by atoms with van der Waals surface area (Å²) in [6, 6.07) is 10.8. The molecule has 5 aliphatic rings. The molecule has 3 fully saturated rings. The van der Waals surface area contributed by atoms with Gasteiger partial charge in [-0.05, 0) is 74.8 Å². The number of amides is 1. The van der Waals surface area contributed by atoms with Gasteiger partial charge in [-0.3, -0.25) is 9.69 Å². The number of aromatic hydroxyl groups is 1. The minimum Gasteiger partial charge on any atom is -0.504 e. The van der Waals surface area contributed by atoms with E-state index in [0.29, 0.717) is 34.8 Å². The van der Waals surface area contributed by atoms with E-state index in [1.807, 2.05) is 24.3 Å². The van der Waals surface area contributed by atoms with Gasteiger partial charge in [-0.25, -0.2) is 0 Å². The van der Waals surface area contributed by atoms with Gasteiger partial charge < -0.3 is 25.3 Å². The van der Waals surface area contributed by atoms with Crippen molar-refractivity contribution in [1.82, 2.24) is 15.2 Å². The Labute approximate surface area is 231 Å². The van der Waals surface area contributed by atoms with Crippen molar-refractivity contribution in [3.05, 3.63) is 58.2 Å². The number of halogens is 2. The summed E-state index contributed by atoms with van der Waals surface area (Å²) in [5.41, 5.74) is 1.74. The van der Waals surface area contributed by atoms with Gasteiger partial charge in [0.05, 0.1) is 28.1 Å². The number of para-hydroxylation sites is 1. The summed E-state index contributed by atoms with van der Waals surface area (Å²) >= 11 is 6.19. The van der Waals surface area contributed by atoms with E-state index in [2.05, 4.69) is 15.2 Å². The molecule has 2 aromatic carbocycles. The van der Waals surface area contributed by atoms with Crippen LogP contribution in [0.5, 0.6) is 11.5 Å². The third-order valence-electron chi connectivity index (χ3n) is 9.95. The fraction of sp³-hybridized carbons (Fsp3) is 0.483. The molecule has 3 heterocycles. The number of phenolic OH excluding ortho intramolecular Hbond substituents is 1. The van der Waals surface area contributed by atoms with E-state index in [9.17, 15) is 15.0 Å². The maximum atomic E-state index is 13.6. The largest absolute Gasteiger partial charge is 0.504 e. The number of fused-ring (bicyclic) bond motifs is 1. The third kappa shape index (κ3) is 3.13. The summed E-state index contributed by atoms with van der Waals surface area (Å²) in [5, 5.41) is 28.0. The number of ether oxygens (including phenoxy) is 1. The van der Waals surface area contributed by atoms with Gasteiger partial charge in [0.2, 0.25) is 0 Å². The van der Waals surface area contributed by atoms with Gasteiger partial charge >= 0.3 is 0 Å². The topological polar surface area (TPSA) is 97.8 Å². The molecular weight excluding hydrogens is 525 g/mol. The fourth-order valence-corrected chi connectivity index (χ4v) is 8.40. The lowest BCUT2D eigenvalue weighted by Crippen LogP contribution is -2.78. The molecule has 4 N–H and O–H groups in total. The van der Waals surface area contributed by atoms with Crippen LogP contribution in [0.2, 0.25) is 5.15 Å². The Hall–Kier alpha value is -2.45. The number of benzene rings is 2. The number of aliphatic hydroxyl groups is 1. The van der Waals surface area contributed by atoms with Crippen LogP contribution in [-0.4, -0.2) is 62.9 Å². The molecule has 3 aliphatic carbocycles. The summed E-state index contributed by atoms with van der Waals surface area (Å²) < 4.78 is 6.57. The lowest BCUT2D eigenvalue weighted by Gasteiger charge is -2.64. The second-order valence-electron chi connectivity index (χ2n) is 11.8. The first-order chi connectivity index (χ1) is 17.9. The van der Waals surface area contributed by atoms with Crippen LogP contribution in [0.25, 0.3) is 10.9 Å². The normalized spacial score (nSPS) is 32.8. The SMILES string of the molecule is Cl.O=C(N[C@H]1CC[C@@]2(O)[C@H]3Cc4ccc(O)c5c4[C@@]2(CCN3CC2CC2)[C@H]1O5)c1cccc2cc(Cl)[nH]c12. The molecule has 1 saturated heterocycles. The van der Waals surface area contributed by atoms with Crippen LogP contribution in [0.15, 0.2) is 36.4 Å². The van der Waals surface area contributed by atoms with Crippen LogP contribution in [-0.2, 0) is 11.8 Å². The zero-order valence-electron chi connectivity index (χ0n) is 20.9. The molecule has 9 heteroatoms. The first-order valence-electron chi connectivity index (χ1n) is 13.5. The van der Waals surface area contributed by atoms with Crippen LogP contribution >= 0.6 is 24.0 Å². The predicted molar refractivity (Wildman–Crippen MR) is 147 cm³/mol. The van der Waals surface area contributed by atoms with Crippen LogP contribution in [0.1, 0.15) is 53.6 Å². The molecule has 1 amide bonds. The molecule has 2 aliphatic heterocycles. The Morgan fingerprint density at radius 2 is 2.05 bits per heavy atom. The minimum atomic E-state index is -0.967. The lowest BCUT2D eigenvalue weighted by atomic mass is 9.48. The first-order valence-corrected chi connectivity index (χ1v) is 13.8. The second-order valence-corrected chi connectivity index (χ2v) is 12.2. The number of aromatic amines is 1. The van der Waals surface area contributed by atoms with E-state index >= 15 is 0 Å². The average molecular weight is 556 g/mol. The molecule has 1 aromatic heterocycles. The van der Waals surface area contributed by atoms with Crippen molar-refractivity contribution in [2.24, 2.45) is 5.92 Å². The predicted octanol–water partition coefficient (Wildman–Crippen LogP) is 4.31. The quantitative estimate of drug-likeness (QED) is 0.384. The first kappa shape index (κ1) is 24.6. The molecule has 7 nitrogen and oxygen atoms in total. The fourth-order valence-electron chi connectivity index (χ4n) is 8.19. The standard InChI is InChI=1S/C29H30ClN3O4.ClH/c30-22-13-17-2-1-3-18(24(17)32-22)27(35)31-19-8-9-29(36)21-12-16-6-7-20(34)25-23(16)28(29,26(19)37-25)10-11-33(21)14-15-4-5-15;/h1-3,6-7,13,15,19,21,26,32,34,36H,4-5,8-12,14H2,(H,31,35);1H/t19-,21+,26-,28-,29+;/m0./s1. The van der Waals surface area contributed by atoms with E-state index in [1.165, 1.54) is 12.8 Å². The number of rotatable bonds is 4. The van der Waals surface area contributed by atoms with Gasteiger partial charge in [-0.2, -0.15) is 0 Å². The lowest BCUT2D eigenvalue weighted by molar-refractivity contribution is -0.191. The van der Waals surface area contributed by atoms with Crippen molar-refractivity contribution >= 4 is 40.8 Å². The number of H-pyrrole nitrogens is 1. The Morgan fingerprint density at radius 1 is 1.21 bits per heavy atom. The number of hydrogen-bond donors (Lipinski definition) is 4. The molecular formula is C29H31Cl2N3O4. The van der Waals surface area contributed by atoms with Crippen LogP contribution in [0.4, 0.5) is 0 Å². The maximum absolute atomic E-state index is 13.6. The molecule has 2 bridgehead atoms. The molecule has 200 valence electrons. The number of hydrogen-bond acceptors (Lipinski definition) is 5. The Morgan fingerprint density at radius 3 is 2.87 bits per heavy atom. The van der Waals surface area contributed by atoms with Gasteiger partial charge in [0.1, 0.15) is 11.3 Å². The van der Waals surface area contributed by atoms with Gasteiger partial charge in [-0.15, -0.1) is 12.4 Å². The zero-order chi connectivity index (χ0) is 25.1. The highest BCUT2D eigenvalue weighted by molar-refractivity contribution is 6.31. The second kappa shape index (κ2) is 8.28. The van der Waals surface area contributed by atoms with Crippen LogP contribution in [0, 0.1) is 5.92 Å². The monoisotopic (exact) mass is 555 g/mol. The molecule has 0 unspecified atom stereocenters. The highest BCUT2D eigenvalue weighted by Gasteiger charge is 2.73. The molecule has 5 atom stereocenters. The number of carbonyl (C=O) groups is 1. The molecule has 38 heavy (non-hydrogen) atoms. The van der Waals surface area contributed by atoms with E-state index in [-0.39, 0.29) is 36.1 Å². The number of nitrogens with zero attached hydrogens (tertiary/aromatic N) is 1. The third-order valence-corrected chi connectivity index (χ3v) is 10.2. The molecule has 8 rings (SSSR count). The Balaban J connectivity index is 0.00000242. The number of phenols is 1. The molecule has 2 saturated carbocycles. The van der Waals surface area contributed by atoms with E-state index in [0.717, 1.165) is 48.4 Å². The number of nitrogens with one attached hydrogen (secondary N) is 2. The zero-order valence-corrected chi connectivity index (χ0v) is 22.4. The van der Waals surface area contributed by atoms with Crippen molar-refractivity contribution in [2.45, 2.75) is 67.7 Å². The molecule has 1 spiro atoms. The smallest absolute Gasteiger partial charge is 0.253 e. The number of aromatic nitrogens is 1. The van der Waals surface area contributed by atoms with E-state index in [1.54, 1.807) is 12.1 Å². The maximum Gasteiger partial charge on any atom is 0.253 e. The van der Waals surface area contributed by atoms with Crippen molar-refractivity contribution in [3.63, 3.8) is 0 Å². The van der Waals surface area contributed by atoms with Crippen molar-refractivity contribution in [3.8, 4) is 11.5 Å². The summed E-state index contributed by atoms with van der Waals surface area (Å²) in [6.07, 6.45) is 4.80. The van der Waals surface area contributed by atoms with Crippen LogP contribution < -0.4 is 10.1 Å². The molecule has 0 radical (unpaired) electrons. The van der Waals surface area contributed by atoms with Gasteiger partial charge in [-0.1, -0.05) is 29.8 Å². The summed E-state index contributed by atoms with van der Waals surface area (Å²) in [5.74, 6) is 1.15. The Bertz CT molecular complexity index is 1470. The summed E-state index contributed by atoms with van der Waals surface area (Å²) in [7, 11) is 0. The van der Waals surface area contributed by atoms with Gasteiger partial charge in [0.15, 0.2) is 11.5 Å². The van der Waals surface area contributed by atoms with Crippen molar-refractivity contribution < 1.29 is 19.7 Å². The average Bonchev–Trinajstić information content (AvgIpc) is 3.49. The van der Waals surface area contributed by atoms with E-state index in [4.69, 9.17) is 16.3 Å². The number of likely N-dealkylation sites (tertiary alicyclic amines) is 1. The van der Waals surface area contributed by atoms with Crippen molar-refractivity contribution in [1.29, 1.82) is 0 Å². The minimum absolute atomic E-state index is 0. The Kier molecular flexibility index (Phi) is 5.35.